The number of aliphatic hydroxyl groups is 1. The van der Waals surface area contributed by atoms with Crippen LogP contribution < -0.4 is 5.32 Å². The Bertz CT molecular complexity index is 262. The van der Waals surface area contributed by atoms with Crippen molar-refractivity contribution in [3.8, 4) is 0 Å². The summed E-state index contributed by atoms with van der Waals surface area (Å²) in [7, 11) is 0. The fraction of sp³-hybridized carbons (Fsp3) is 0.667. The van der Waals surface area contributed by atoms with Crippen molar-refractivity contribution >= 4 is 11.3 Å². The Hall–Kier alpha value is -0.420. The van der Waals surface area contributed by atoms with Gasteiger partial charge in [-0.05, 0) is 17.4 Å². The van der Waals surface area contributed by atoms with Gasteiger partial charge in [0.15, 0.2) is 0 Å². The summed E-state index contributed by atoms with van der Waals surface area (Å²) in [6.45, 7) is 7.15. The second kappa shape index (κ2) is 7.79. The van der Waals surface area contributed by atoms with Crippen LogP contribution in [0.25, 0.3) is 0 Å². The molecule has 1 aromatic rings. The number of ether oxygens (including phenoxy) is 1. The molecule has 0 radical (unpaired) electrons. The first-order valence-corrected chi connectivity index (χ1v) is 6.58. The summed E-state index contributed by atoms with van der Waals surface area (Å²) in [4.78, 5) is 1.01. The molecule has 1 heterocycles. The van der Waals surface area contributed by atoms with Gasteiger partial charge in [-0.1, -0.05) is 19.9 Å². The molecule has 0 aliphatic rings. The fourth-order valence-electron chi connectivity index (χ4n) is 1.28. The van der Waals surface area contributed by atoms with E-state index in [4.69, 9.17) is 4.74 Å². The number of hydrogen-bond acceptors (Lipinski definition) is 4. The summed E-state index contributed by atoms with van der Waals surface area (Å²) < 4.78 is 5.43. The minimum atomic E-state index is -0.398. The molecule has 1 unspecified atom stereocenters. The number of rotatable bonds is 8. The molecule has 4 heteroatoms. The maximum atomic E-state index is 9.76. The first-order valence-electron chi connectivity index (χ1n) is 5.70. The average molecular weight is 243 g/mol. The molecule has 2 N–H and O–H groups in total. The van der Waals surface area contributed by atoms with Crippen LogP contribution in [0.3, 0.4) is 0 Å². The van der Waals surface area contributed by atoms with Crippen LogP contribution in [0.4, 0.5) is 0 Å². The van der Waals surface area contributed by atoms with Gasteiger partial charge in [0, 0.05) is 24.6 Å². The summed E-state index contributed by atoms with van der Waals surface area (Å²) in [5.74, 6) is 0.580. The SMILES string of the molecule is CC(C)COCCNCC(O)c1cccs1. The highest BCUT2D eigenvalue weighted by Gasteiger charge is 2.06. The lowest BCUT2D eigenvalue weighted by Gasteiger charge is -2.11. The van der Waals surface area contributed by atoms with Crippen LogP contribution in [0.2, 0.25) is 0 Å². The summed E-state index contributed by atoms with van der Waals surface area (Å²) >= 11 is 1.58. The molecule has 0 saturated heterocycles. The van der Waals surface area contributed by atoms with Crippen molar-refractivity contribution in [1.29, 1.82) is 0 Å². The average Bonchev–Trinajstić information content (AvgIpc) is 2.75. The van der Waals surface area contributed by atoms with Crippen molar-refractivity contribution in [2.45, 2.75) is 20.0 Å². The van der Waals surface area contributed by atoms with E-state index >= 15 is 0 Å². The monoisotopic (exact) mass is 243 g/mol. The highest BCUT2D eigenvalue weighted by molar-refractivity contribution is 7.10. The van der Waals surface area contributed by atoms with Gasteiger partial charge in [0.05, 0.1) is 6.61 Å². The van der Waals surface area contributed by atoms with Crippen LogP contribution in [-0.2, 0) is 4.74 Å². The van der Waals surface area contributed by atoms with E-state index in [0.29, 0.717) is 19.1 Å². The van der Waals surface area contributed by atoms with Gasteiger partial charge in [-0.3, -0.25) is 0 Å². The predicted octanol–water partition coefficient (Wildman–Crippen LogP) is 2.04. The minimum absolute atomic E-state index is 0.398. The van der Waals surface area contributed by atoms with Gasteiger partial charge in [-0.15, -0.1) is 11.3 Å². The molecule has 0 aliphatic heterocycles. The molecule has 0 amide bonds. The van der Waals surface area contributed by atoms with Crippen LogP contribution in [0.15, 0.2) is 17.5 Å². The van der Waals surface area contributed by atoms with E-state index in [1.807, 2.05) is 17.5 Å². The quantitative estimate of drug-likeness (QED) is 0.687. The van der Waals surface area contributed by atoms with Gasteiger partial charge in [-0.2, -0.15) is 0 Å². The van der Waals surface area contributed by atoms with Gasteiger partial charge in [0.2, 0.25) is 0 Å². The molecule has 1 aromatic heterocycles. The molecular formula is C12H21NO2S. The second-order valence-electron chi connectivity index (χ2n) is 4.20. The fourth-order valence-corrected chi connectivity index (χ4v) is 2.00. The zero-order valence-electron chi connectivity index (χ0n) is 9.98. The Balaban J connectivity index is 1.99. The van der Waals surface area contributed by atoms with E-state index in [1.54, 1.807) is 11.3 Å². The molecule has 16 heavy (non-hydrogen) atoms. The Morgan fingerprint density at radius 1 is 1.50 bits per heavy atom. The molecular weight excluding hydrogens is 222 g/mol. The van der Waals surface area contributed by atoms with Crippen molar-refractivity contribution in [2.24, 2.45) is 5.92 Å². The van der Waals surface area contributed by atoms with Gasteiger partial charge in [-0.25, -0.2) is 0 Å². The predicted molar refractivity (Wildman–Crippen MR) is 67.8 cm³/mol. The Morgan fingerprint density at radius 2 is 2.31 bits per heavy atom. The van der Waals surface area contributed by atoms with Crippen LogP contribution in [0.1, 0.15) is 24.8 Å². The normalized spacial score (nSPS) is 13.2. The first-order chi connectivity index (χ1) is 7.70. The Kier molecular flexibility index (Phi) is 6.64. The molecule has 92 valence electrons. The van der Waals surface area contributed by atoms with E-state index < -0.39 is 6.10 Å². The van der Waals surface area contributed by atoms with E-state index in [1.165, 1.54) is 0 Å². The van der Waals surface area contributed by atoms with Gasteiger partial charge >= 0.3 is 0 Å². The number of aliphatic hydroxyl groups excluding tert-OH is 1. The highest BCUT2D eigenvalue weighted by Crippen LogP contribution is 2.17. The second-order valence-corrected chi connectivity index (χ2v) is 5.18. The molecule has 0 fully saturated rings. The van der Waals surface area contributed by atoms with Gasteiger partial charge < -0.3 is 15.2 Å². The lowest BCUT2D eigenvalue weighted by atomic mass is 10.2. The lowest BCUT2D eigenvalue weighted by molar-refractivity contribution is 0.107. The summed E-state index contributed by atoms with van der Waals surface area (Å²) in [5.41, 5.74) is 0. The number of nitrogens with one attached hydrogen (secondary N) is 1. The van der Waals surface area contributed by atoms with Crippen LogP contribution in [0.5, 0.6) is 0 Å². The van der Waals surface area contributed by atoms with Crippen molar-refractivity contribution in [2.75, 3.05) is 26.3 Å². The third-order valence-corrected chi connectivity index (χ3v) is 3.06. The molecule has 1 atom stereocenters. The van der Waals surface area contributed by atoms with Crippen molar-refractivity contribution < 1.29 is 9.84 Å². The third-order valence-electron chi connectivity index (χ3n) is 2.08. The van der Waals surface area contributed by atoms with Crippen molar-refractivity contribution in [1.82, 2.24) is 5.32 Å². The van der Waals surface area contributed by atoms with Gasteiger partial charge in [0.1, 0.15) is 6.10 Å². The van der Waals surface area contributed by atoms with Crippen LogP contribution in [0, 0.1) is 5.92 Å². The zero-order valence-corrected chi connectivity index (χ0v) is 10.8. The zero-order chi connectivity index (χ0) is 11.8. The minimum Gasteiger partial charge on any atom is -0.386 e. The maximum absolute atomic E-state index is 9.76. The standard InChI is InChI=1S/C12H21NO2S/c1-10(2)9-15-6-5-13-8-11(14)12-4-3-7-16-12/h3-4,7,10-11,13-14H,5-6,8-9H2,1-2H3. The molecule has 0 aliphatic carbocycles. The molecule has 0 aromatic carbocycles. The molecule has 0 saturated carbocycles. The number of thiophene rings is 1. The van der Waals surface area contributed by atoms with Gasteiger partial charge in [0.25, 0.3) is 0 Å². The highest BCUT2D eigenvalue weighted by atomic mass is 32.1. The lowest BCUT2D eigenvalue weighted by Crippen LogP contribution is -2.25. The van der Waals surface area contributed by atoms with Crippen molar-refractivity contribution in [3.05, 3.63) is 22.4 Å². The smallest absolute Gasteiger partial charge is 0.101 e. The van der Waals surface area contributed by atoms with E-state index in [-0.39, 0.29) is 0 Å². The van der Waals surface area contributed by atoms with Crippen LogP contribution >= 0.6 is 11.3 Å². The van der Waals surface area contributed by atoms with E-state index in [2.05, 4.69) is 19.2 Å². The molecule has 0 bridgehead atoms. The summed E-state index contributed by atoms with van der Waals surface area (Å²) in [6, 6.07) is 3.90. The number of hydrogen-bond donors (Lipinski definition) is 2. The largest absolute Gasteiger partial charge is 0.386 e. The molecule has 3 nitrogen and oxygen atoms in total. The van der Waals surface area contributed by atoms with Crippen LogP contribution in [-0.4, -0.2) is 31.4 Å². The molecule has 1 rings (SSSR count). The van der Waals surface area contributed by atoms with Crippen molar-refractivity contribution in [3.63, 3.8) is 0 Å². The Morgan fingerprint density at radius 3 is 2.94 bits per heavy atom. The maximum Gasteiger partial charge on any atom is 0.101 e. The first kappa shape index (κ1) is 13.6. The van der Waals surface area contributed by atoms with E-state index in [0.717, 1.165) is 18.0 Å². The van der Waals surface area contributed by atoms with E-state index in [9.17, 15) is 5.11 Å². The summed E-state index contributed by atoms with van der Waals surface area (Å²) in [5, 5.41) is 14.9. The topological polar surface area (TPSA) is 41.5 Å². The summed E-state index contributed by atoms with van der Waals surface area (Å²) in [6.07, 6.45) is -0.398. The molecule has 0 spiro atoms. The third kappa shape index (κ3) is 5.61. The Labute approximate surface area is 101 Å².